The van der Waals surface area contributed by atoms with Gasteiger partial charge in [0.25, 0.3) is 5.91 Å². The summed E-state index contributed by atoms with van der Waals surface area (Å²) in [5.74, 6) is -0.403. The third kappa shape index (κ3) is 5.21. The third-order valence-corrected chi connectivity index (χ3v) is 4.28. The minimum absolute atomic E-state index is 0.0778. The summed E-state index contributed by atoms with van der Waals surface area (Å²) in [7, 11) is 1.38. The first kappa shape index (κ1) is 21.9. The number of methoxy groups -OCH3 is 1. The molecule has 2 aromatic carbocycles. The van der Waals surface area contributed by atoms with Gasteiger partial charge >= 0.3 is 6.18 Å². The molecule has 0 aliphatic rings. The van der Waals surface area contributed by atoms with Crippen LogP contribution < -0.4 is 14.8 Å². The number of anilines is 1. The summed E-state index contributed by atoms with van der Waals surface area (Å²) >= 11 is 0. The summed E-state index contributed by atoms with van der Waals surface area (Å²) in [6.07, 6.45) is -1.58. The van der Waals surface area contributed by atoms with E-state index in [0.29, 0.717) is 5.56 Å². The van der Waals surface area contributed by atoms with Crippen molar-refractivity contribution in [2.75, 3.05) is 19.0 Å². The highest BCUT2D eigenvalue weighted by Gasteiger charge is 2.31. The van der Waals surface area contributed by atoms with Gasteiger partial charge in [0.1, 0.15) is 0 Å². The van der Waals surface area contributed by atoms with Crippen molar-refractivity contribution >= 4 is 17.4 Å². The standard InChI is InChI=1S/C21H18F3N3O4/c1-13(28)14-4-7-18(19(10-14)30-2)31-12-20(29)26-16-11-15(21(22,23)24)5-6-17(16)27-9-3-8-25-27/h3-11H,12H2,1-2H3,(H,26,29). The number of hydrogen-bond donors (Lipinski definition) is 1. The Morgan fingerprint density at radius 1 is 1.13 bits per heavy atom. The van der Waals surface area contributed by atoms with Gasteiger partial charge in [-0.15, -0.1) is 0 Å². The number of carbonyl (C=O) groups excluding carboxylic acids is 2. The summed E-state index contributed by atoms with van der Waals surface area (Å²) < 4.78 is 51.3. The van der Waals surface area contributed by atoms with E-state index in [1.165, 1.54) is 55.4 Å². The number of benzene rings is 2. The Morgan fingerprint density at radius 3 is 2.52 bits per heavy atom. The van der Waals surface area contributed by atoms with E-state index in [1.807, 2.05) is 0 Å². The number of halogens is 3. The average Bonchev–Trinajstić information content (AvgIpc) is 3.26. The summed E-state index contributed by atoms with van der Waals surface area (Å²) in [6, 6.07) is 9.02. The van der Waals surface area contributed by atoms with Crippen LogP contribution in [0.2, 0.25) is 0 Å². The molecule has 0 aliphatic heterocycles. The molecule has 1 aromatic heterocycles. The van der Waals surface area contributed by atoms with Crippen LogP contribution >= 0.6 is 0 Å². The molecule has 0 bridgehead atoms. The van der Waals surface area contributed by atoms with Gasteiger partial charge < -0.3 is 14.8 Å². The van der Waals surface area contributed by atoms with Gasteiger partial charge in [0, 0.05) is 18.0 Å². The zero-order valence-corrected chi connectivity index (χ0v) is 16.6. The maximum atomic E-state index is 13.1. The first-order valence-corrected chi connectivity index (χ1v) is 9.02. The SMILES string of the molecule is COc1cc(C(C)=O)ccc1OCC(=O)Nc1cc(C(F)(F)F)ccc1-n1cccn1. The number of rotatable bonds is 7. The van der Waals surface area contributed by atoms with E-state index in [4.69, 9.17) is 9.47 Å². The number of amides is 1. The minimum Gasteiger partial charge on any atom is -0.493 e. The van der Waals surface area contributed by atoms with E-state index in [1.54, 1.807) is 6.07 Å². The molecule has 162 valence electrons. The van der Waals surface area contributed by atoms with Crippen LogP contribution in [-0.4, -0.2) is 35.2 Å². The molecule has 10 heteroatoms. The first-order valence-electron chi connectivity index (χ1n) is 9.02. The second-order valence-corrected chi connectivity index (χ2v) is 6.44. The van der Waals surface area contributed by atoms with Crippen molar-refractivity contribution in [1.29, 1.82) is 0 Å². The normalized spacial score (nSPS) is 11.1. The monoisotopic (exact) mass is 433 g/mol. The number of nitrogens with zero attached hydrogens (tertiary/aromatic N) is 2. The molecule has 3 aromatic rings. The number of aromatic nitrogens is 2. The van der Waals surface area contributed by atoms with E-state index in [2.05, 4.69) is 10.4 Å². The van der Waals surface area contributed by atoms with Crippen molar-refractivity contribution in [2.24, 2.45) is 0 Å². The van der Waals surface area contributed by atoms with Crippen molar-refractivity contribution in [3.8, 4) is 17.2 Å². The average molecular weight is 433 g/mol. The summed E-state index contributed by atoms with van der Waals surface area (Å²) in [6.45, 7) is 0.902. The van der Waals surface area contributed by atoms with Crippen LogP contribution in [0.4, 0.5) is 18.9 Å². The van der Waals surface area contributed by atoms with Crippen molar-refractivity contribution in [2.45, 2.75) is 13.1 Å². The molecule has 0 aliphatic carbocycles. The van der Waals surface area contributed by atoms with Crippen molar-refractivity contribution in [3.63, 3.8) is 0 Å². The zero-order valence-electron chi connectivity index (χ0n) is 16.6. The third-order valence-electron chi connectivity index (χ3n) is 4.28. The molecule has 0 radical (unpaired) electrons. The number of hydrogen-bond acceptors (Lipinski definition) is 5. The highest BCUT2D eigenvalue weighted by atomic mass is 19.4. The van der Waals surface area contributed by atoms with Crippen molar-refractivity contribution in [3.05, 3.63) is 66.0 Å². The lowest BCUT2D eigenvalue weighted by Crippen LogP contribution is -2.22. The second-order valence-electron chi connectivity index (χ2n) is 6.44. The second kappa shape index (κ2) is 8.90. The fraction of sp³-hybridized carbons (Fsp3) is 0.190. The van der Waals surface area contributed by atoms with Gasteiger partial charge in [-0.1, -0.05) is 0 Å². The molecule has 1 amide bonds. The molecular formula is C21H18F3N3O4. The van der Waals surface area contributed by atoms with E-state index in [0.717, 1.165) is 12.1 Å². The van der Waals surface area contributed by atoms with Crippen LogP contribution in [0.15, 0.2) is 54.9 Å². The minimum atomic E-state index is -4.58. The van der Waals surface area contributed by atoms with Gasteiger partial charge in [-0.05, 0) is 49.4 Å². The van der Waals surface area contributed by atoms with E-state index < -0.39 is 24.3 Å². The number of ether oxygens (including phenoxy) is 2. The molecule has 3 rings (SSSR count). The smallest absolute Gasteiger partial charge is 0.416 e. The maximum Gasteiger partial charge on any atom is 0.416 e. The van der Waals surface area contributed by atoms with Crippen LogP contribution in [0, 0.1) is 0 Å². The molecule has 0 fully saturated rings. The fourth-order valence-electron chi connectivity index (χ4n) is 2.76. The molecule has 1 heterocycles. The molecule has 0 saturated heterocycles. The number of alkyl halides is 3. The van der Waals surface area contributed by atoms with Crippen LogP contribution in [-0.2, 0) is 11.0 Å². The summed E-state index contributed by atoms with van der Waals surface area (Å²) in [5.41, 5.74) is -0.330. The molecule has 0 atom stereocenters. The molecule has 1 N–H and O–H groups in total. The molecule has 0 saturated carbocycles. The Bertz CT molecular complexity index is 1100. The lowest BCUT2D eigenvalue weighted by Gasteiger charge is -2.15. The fourth-order valence-corrected chi connectivity index (χ4v) is 2.76. The lowest BCUT2D eigenvalue weighted by molar-refractivity contribution is -0.137. The van der Waals surface area contributed by atoms with Gasteiger partial charge in [-0.25, -0.2) is 4.68 Å². The molecular weight excluding hydrogens is 415 g/mol. The largest absolute Gasteiger partial charge is 0.493 e. The van der Waals surface area contributed by atoms with Gasteiger partial charge in [0.15, 0.2) is 23.9 Å². The van der Waals surface area contributed by atoms with Gasteiger partial charge in [0.2, 0.25) is 0 Å². The van der Waals surface area contributed by atoms with Crippen LogP contribution in [0.5, 0.6) is 11.5 Å². The van der Waals surface area contributed by atoms with Crippen LogP contribution in [0.25, 0.3) is 5.69 Å². The number of ketones is 1. The van der Waals surface area contributed by atoms with E-state index in [-0.39, 0.29) is 28.7 Å². The zero-order chi connectivity index (χ0) is 22.6. The Labute approximate surface area is 175 Å². The maximum absolute atomic E-state index is 13.1. The number of carbonyl (C=O) groups is 2. The molecule has 0 spiro atoms. The van der Waals surface area contributed by atoms with Gasteiger partial charge in [-0.3, -0.25) is 9.59 Å². The molecule has 7 nitrogen and oxygen atoms in total. The van der Waals surface area contributed by atoms with Crippen LogP contribution in [0.1, 0.15) is 22.8 Å². The van der Waals surface area contributed by atoms with E-state index in [9.17, 15) is 22.8 Å². The Hall–Kier alpha value is -3.82. The summed E-state index contributed by atoms with van der Waals surface area (Å²) in [4.78, 5) is 23.9. The van der Waals surface area contributed by atoms with Gasteiger partial charge in [-0.2, -0.15) is 18.3 Å². The first-order chi connectivity index (χ1) is 14.7. The quantitative estimate of drug-likeness (QED) is 0.567. The topological polar surface area (TPSA) is 82.5 Å². The molecule has 31 heavy (non-hydrogen) atoms. The van der Waals surface area contributed by atoms with Crippen molar-refractivity contribution < 1.29 is 32.2 Å². The summed E-state index contributed by atoms with van der Waals surface area (Å²) in [5, 5.41) is 6.42. The highest BCUT2D eigenvalue weighted by molar-refractivity contribution is 5.95. The Balaban J connectivity index is 1.79. The number of Topliss-reactive ketones (excluding diaryl/α,β-unsaturated/α-hetero) is 1. The predicted molar refractivity (Wildman–Crippen MR) is 106 cm³/mol. The highest BCUT2D eigenvalue weighted by Crippen LogP contribution is 2.33. The lowest BCUT2D eigenvalue weighted by atomic mass is 10.1. The van der Waals surface area contributed by atoms with Crippen LogP contribution in [0.3, 0.4) is 0 Å². The Morgan fingerprint density at radius 2 is 1.90 bits per heavy atom. The number of nitrogens with one attached hydrogen (secondary N) is 1. The van der Waals surface area contributed by atoms with Crippen molar-refractivity contribution in [1.82, 2.24) is 9.78 Å². The van der Waals surface area contributed by atoms with Gasteiger partial charge in [0.05, 0.1) is 24.0 Å². The van der Waals surface area contributed by atoms with E-state index >= 15 is 0 Å². The molecule has 0 unspecified atom stereocenters. The Kier molecular flexibility index (Phi) is 6.28. The predicted octanol–water partition coefficient (Wildman–Crippen LogP) is 4.12.